The monoisotopic (exact) mass is 185 g/mol. The van der Waals surface area contributed by atoms with Gasteiger partial charge in [0.05, 0.1) is 6.10 Å². The summed E-state index contributed by atoms with van der Waals surface area (Å²) in [5.74, 6) is 0. The van der Waals surface area contributed by atoms with Gasteiger partial charge in [0.15, 0.2) is 0 Å². The quantitative estimate of drug-likeness (QED) is 0.708. The molecule has 0 aliphatic carbocycles. The van der Waals surface area contributed by atoms with Crippen molar-refractivity contribution in [2.24, 2.45) is 0 Å². The van der Waals surface area contributed by atoms with Crippen molar-refractivity contribution in [2.45, 2.75) is 58.1 Å². The van der Waals surface area contributed by atoms with Crippen molar-refractivity contribution < 1.29 is 5.11 Å². The van der Waals surface area contributed by atoms with Gasteiger partial charge >= 0.3 is 0 Å². The lowest BCUT2D eigenvalue weighted by Crippen LogP contribution is -2.30. The van der Waals surface area contributed by atoms with E-state index < -0.39 is 0 Å². The van der Waals surface area contributed by atoms with Crippen molar-refractivity contribution in [3.63, 3.8) is 0 Å². The van der Waals surface area contributed by atoms with Gasteiger partial charge in [-0.3, -0.25) is 4.90 Å². The van der Waals surface area contributed by atoms with Crippen molar-refractivity contribution in [1.29, 1.82) is 0 Å². The summed E-state index contributed by atoms with van der Waals surface area (Å²) in [7, 11) is 0. The topological polar surface area (TPSA) is 23.5 Å². The summed E-state index contributed by atoms with van der Waals surface area (Å²) in [6.45, 7) is 6.50. The third-order valence-electron chi connectivity index (χ3n) is 2.91. The number of hydrogen-bond acceptors (Lipinski definition) is 2. The lowest BCUT2D eigenvalue weighted by atomic mass is 10.1. The summed E-state index contributed by atoms with van der Waals surface area (Å²) < 4.78 is 0. The van der Waals surface area contributed by atoms with Crippen LogP contribution >= 0.6 is 0 Å². The molecule has 0 amide bonds. The molecule has 0 spiro atoms. The van der Waals surface area contributed by atoms with Gasteiger partial charge in [0.25, 0.3) is 0 Å². The lowest BCUT2D eigenvalue weighted by Gasteiger charge is -2.23. The Morgan fingerprint density at radius 3 is 2.69 bits per heavy atom. The van der Waals surface area contributed by atoms with Gasteiger partial charge in [0.1, 0.15) is 0 Å². The summed E-state index contributed by atoms with van der Waals surface area (Å²) in [5, 5.41) is 9.55. The summed E-state index contributed by atoms with van der Waals surface area (Å²) in [6, 6.07) is 0.662. The summed E-state index contributed by atoms with van der Waals surface area (Å²) in [4.78, 5) is 2.46. The first-order valence-corrected chi connectivity index (χ1v) is 5.70. The standard InChI is InChI=1S/C11H23NO/c1-3-5-6-10-8-11(13)9-12(10)7-4-2/h10-11,13H,3-9H2,1-2H3. The van der Waals surface area contributed by atoms with E-state index in [0.717, 1.165) is 19.5 Å². The average Bonchev–Trinajstić information content (AvgIpc) is 2.44. The van der Waals surface area contributed by atoms with Gasteiger partial charge in [0.2, 0.25) is 0 Å². The number of aliphatic hydroxyl groups excluding tert-OH is 1. The number of β-amino-alcohol motifs (C(OH)–C–C–N with tert-alkyl or cyclic N) is 1. The number of nitrogens with zero attached hydrogens (tertiary/aromatic N) is 1. The highest BCUT2D eigenvalue weighted by Gasteiger charge is 2.29. The molecule has 0 aromatic heterocycles. The summed E-state index contributed by atoms with van der Waals surface area (Å²) in [5.41, 5.74) is 0. The second-order valence-corrected chi connectivity index (χ2v) is 4.18. The van der Waals surface area contributed by atoms with Crippen LogP contribution in [0.25, 0.3) is 0 Å². The van der Waals surface area contributed by atoms with Gasteiger partial charge in [-0.25, -0.2) is 0 Å². The number of unbranched alkanes of at least 4 members (excludes halogenated alkanes) is 1. The van der Waals surface area contributed by atoms with Crippen LogP contribution in [-0.2, 0) is 0 Å². The molecule has 0 saturated carbocycles. The second kappa shape index (κ2) is 5.61. The van der Waals surface area contributed by atoms with Crippen LogP contribution in [0, 0.1) is 0 Å². The van der Waals surface area contributed by atoms with Crippen LogP contribution in [0.2, 0.25) is 0 Å². The molecule has 0 bridgehead atoms. The van der Waals surface area contributed by atoms with Crippen LogP contribution in [0.5, 0.6) is 0 Å². The molecule has 2 heteroatoms. The Morgan fingerprint density at radius 1 is 1.31 bits per heavy atom. The molecule has 0 aromatic carbocycles. The van der Waals surface area contributed by atoms with Crippen LogP contribution in [0.3, 0.4) is 0 Å². The summed E-state index contributed by atoms with van der Waals surface area (Å²) in [6.07, 6.45) is 5.99. The Kier molecular flexibility index (Phi) is 4.74. The fraction of sp³-hybridized carbons (Fsp3) is 1.00. The molecule has 1 fully saturated rings. The Labute approximate surface area is 81.9 Å². The molecule has 1 aliphatic heterocycles. The molecule has 1 aliphatic rings. The van der Waals surface area contributed by atoms with E-state index in [9.17, 15) is 5.11 Å². The van der Waals surface area contributed by atoms with E-state index in [1.165, 1.54) is 25.7 Å². The molecular formula is C11H23NO. The van der Waals surface area contributed by atoms with E-state index in [-0.39, 0.29) is 6.10 Å². The minimum atomic E-state index is -0.0617. The molecule has 2 unspecified atom stereocenters. The van der Waals surface area contributed by atoms with E-state index in [1.54, 1.807) is 0 Å². The van der Waals surface area contributed by atoms with E-state index in [1.807, 2.05) is 0 Å². The minimum absolute atomic E-state index is 0.0617. The maximum absolute atomic E-state index is 9.55. The Hall–Kier alpha value is -0.0800. The fourth-order valence-corrected chi connectivity index (χ4v) is 2.26. The first-order chi connectivity index (χ1) is 6.27. The third-order valence-corrected chi connectivity index (χ3v) is 2.91. The van der Waals surface area contributed by atoms with Crippen LogP contribution in [0.15, 0.2) is 0 Å². The van der Waals surface area contributed by atoms with Crippen LogP contribution in [0.4, 0.5) is 0 Å². The van der Waals surface area contributed by atoms with Crippen molar-refractivity contribution in [3.05, 3.63) is 0 Å². The fourth-order valence-electron chi connectivity index (χ4n) is 2.26. The number of hydrogen-bond donors (Lipinski definition) is 1. The lowest BCUT2D eigenvalue weighted by molar-refractivity contribution is 0.174. The second-order valence-electron chi connectivity index (χ2n) is 4.18. The van der Waals surface area contributed by atoms with E-state index in [2.05, 4.69) is 18.7 Å². The molecule has 1 N–H and O–H groups in total. The molecule has 2 atom stereocenters. The first kappa shape index (κ1) is 11.0. The Morgan fingerprint density at radius 2 is 2.08 bits per heavy atom. The van der Waals surface area contributed by atoms with Gasteiger partial charge in [-0.2, -0.15) is 0 Å². The maximum Gasteiger partial charge on any atom is 0.0682 e. The van der Waals surface area contributed by atoms with E-state index in [0.29, 0.717) is 6.04 Å². The number of likely N-dealkylation sites (tertiary alicyclic amines) is 1. The zero-order valence-electron chi connectivity index (χ0n) is 9.00. The normalized spacial score (nSPS) is 29.8. The number of rotatable bonds is 5. The molecule has 0 radical (unpaired) electrons. The zero-order valence-corrected chi connectivity index (χ0v) is 9.00. The average molecular weight is 185 g/mol. The van der Waals surface area contributed by atoms with Crippen molar-refractivity contribution in [3.8, 4) is 0 Å². The molecule has 0 aromatic rings. The smallest absolute Gasteiger partial charge is 0.0682 e. The van der Waals surface area contributed by atoms with E-state index >= 15 is 0 Å². The predicted molar refractivity (Wildman–Crippen MR) is 55.8 cm³/mol. The van der Waals surface area contributed by atoms with Crippen LogP contribution in [0.1, 0.15) is 46.0 Å². The first-order valence-electron chi connectivity index (χ1n) is 5.70. The molecule has 13 heavy (non-hydrogen) atoms. The predicted octanol–water partition coefficient (Wildman–Crippen LogP) is 2.02. The third kappa shape index (κ3) is 3.28. The van der Waals surface area contributed by atoms with Gasteiger partial charge in [-0.15, -0.1) is 0 Å². The van der Waals surface area contributed by atoms with Gasteiger partial charge < -0.3 is 5.11 Å². The van der Waals surface area contributed by atoms with Gasteiger partial charge in [-0.1, -0.05) is 26.7 Å². The molecular weight excluding hydrogens is 162 g/mol. The van der Waals surface area contributed by atoms with E-state index in [4.69, 9.17) is 0 Å². The zero-order chi connectivity index (χ0) is 9.68. The minimum Gasteiger partial charge on any atom is -0.392 e. The Bertz CT molecular complexity index is 138. The highest BCUT2D eigenvalue weighted by atomic mass is 16.3. The highest BCUT2D eigenvalue weighted by molar-refractivity contribution is 4.84. The molecule has 2 nitrogen and oxygen atoms in total. The van der Waals surface area contributed by atoms with Crippen molar-refractivity contribution in [2.75, 3.05) is 13.1 Å². The maximum atomic E-state index is 9.55. The largest absolute Gasteiger partial charge is 0.392 e. The van der Waals surface area contributed by atoms with Gasteiger partial charge in [-0.05, 0) is 25.8 Å². The molecule has 1 heterocycles. The molecule has 78 valence electrons. The van der Waals surface area contributed by atoms with Crippen molar-refractivity contribution in [1.82, 2.24) is 4.90 Å². The van der Waals surface area contributed by atoms with Crippen LogP contribution < -0.4 is 0 Å². The Balaban J connectivity index is 2.31. The van der Waals surface area contributed by atoms with Crippen LogP contribution in [-0.4, -0.2) is 35.2 Å². The molecule has 1 saturated heterocycles. The number of aliphatic hydroxyl groups is 1. The van der Waals surface area contributed by atoms with Gasteiger partial charge in [0, 0.05) is 12.6 Å². The van der Waals surface area contributed by atoms with Crippen molar-refractivity contribution >= 4 is 0 Å². The molecule has 1 rings (SSSR count). The SMILES string of the molecule is CCCCC1CC(O)CN1CCC. The highest BCUT2D eigenvalue weighted by Crippen LogP contribution is 2.22. The summed E-state index contributed by atoms with van der Waals surface area (Å²) >= 11 is 0.